The Hall–Kier alpha value is -4.93. The highest BCUT2D eigenvalue weighted by atomic mass is 16.6. The molecule has 1 aliphatic heterocycles. The Kier molecular flexibility index (Phi) is 7.12. The summed E-state index contributed by atoms with van der Waals surface area (Å²) < 4.78 is 46.0. The molecule has 0 radical (unpaired) electrons. The van der Waals surface area contributed by atoms with Crippen molar-refractivity contribution in [3.8, 4) is 34.5 Å². The predicted octanol–water partition coefficient (Wildman–Crippen LogP) is 4.34. The number of ether oxygens (including phenoxy) is 7. The van der Waals surface area contributed by atoms with Crippen LogP contribution in [-0.4, -0.2) is 46.0 Å². The van der Waals surface area contributed by atoms with Crippen LogP contribution in [0.15, 0.2) is 51.7 Å². The largest absolute Gasteiger partial charge is 0.493 e. The van der Waals surface area contributed by atoms with Gasteiger partial charge in [-0.05, 0) is 30.3 Å². The van der Waals surface area contributed by atoms with Crippen LogP contribution in [-0.2, 0) is 14.3 Å². The molecule has 2 heterocycles. The van der Waals surface area contributed by atoms with Gasteiger partial charge in [-0.25, -0.2) is 0 Å². The van der Waals surface area contributed by atoms with Crippen molar-refractivity contribution in [3.63, 3.8) is 0 Å². The van der Waals surface area contributed by atoms with Gasteiger partial charge in [0.15, 0.2) is 35.0 Å². The van der Waals surface area contributed by atoms with Gasteiger partial charge in [0.05, 0.1) is 32.1 Å². The molecular weight excluding hydrogens is 524 g/mol. The Morgan fingerprint density at radius 3 is 2.12 bits per heavy atom. The average Bonchev–Trinajstić information content (AvgIpc) is 2.95. The molecule has 3 aromatic carbocycles. The fourth-order valence-corrected chi connectivity index (χ4v) is 4.57. The van der Waals surface area contributed by atoms with Crippen LogP contribution < -0.4 is 33.8 Å². The normalized spacial score (nSPS) is 15.9. The summed E-state index contributed by atoms with van der Waals surface area (Å²) in [5.41, 5.74) is 0.751. The third-order valence-electron chi connectivity index (χ3n) is 6.32. The Morgan fingerprint density at radius 1 is 0.825 bits per heavy atom. The molecule has 11 heteroatoms. The van der Waals surface area contributed by atoms with E-state index in [0.717, 1.165) is 0 Å². The zero-order valence-electron chi connectivity index (χ0n) is 22.4. The minimum absolute atomic E-state index is 0.0899. The molecule has 0 bridgehead atoms. The predicted molar refractivity (Wildman–Crippen MR) is 142 cm³/mol. The Labute approximate surface area is 228 Å². The Bertz CT molecular complexity index is 1660. The molecule has 5 rings (SSSR count). The second kappa shape index (κ2) is 10.7. The minimum Gasteiger partial charge on any atom is -0.493 e. The lowest BCUT2D eigenvalue weighted by Gasteiger charge is -2.35. The van der Waals surface area contributed by atoms with Gasteiger partial charge in [-0.1, -0.05) is 12.1 Å². The van der Waals surface area contributed by atoms with Crippen molar-refractivity contribution in [2.45, 2.75) is 26.1 Å². The van der Waals surface area contributed by atoms with Gasteiger partial charge in [0, 0.05) is 19.4 Å². The van der Waals surface area contributed by atoms with E-state index in [0.29, 0.717) is 16.5 Å². The fourth-order valence-electron chi connectivity index (χ4n) is 4.57. The molecule has 0 fully saturated rings. The molecule has 208 valence electrons. The van der Waals surface area contributed by atoms with Gasteiger partial charge in [-0.2, -0.15) is 0 Å². The molecule has 0 aliphatic carbocycles. The first-order valence-electron chi connectivity index (χ1n) is 12.2. The summed E-state index contributed by atoms with van der Waals surface area (Å²) in [4.78, 5) is 36.8. The highest BCUT2D eigenvalue weighted by Crippen LogP contribution is 2.51. The number of carbonyl (C=O) groups is 2. The SMILES string of the molecule is COc1cc([C@@H]2Oc3c(OC)cc4c(=O)c5ccccc5oc4c3O[C@H]2COC(C)=O)cc(OC)c1OC(C)=O. The van der Waals surface area contributed by atoms with E-state index < -0.39 is 24.1 Å². The summed E-state index contributed by atoms with van der Waals surface area (Å²) in [7, 11) is 4.27. The van der Waals surface area contributed by atoms with Crippen molar-refractivity contribution >= 4 is 33.9 Å². The summed E-state index contributed by atoms with van der Waals surface area (Å²) in [5.74, 6) is -0.0547. The quantitative estimate of drug-likeness (QED) is 0.185. The van der Waals surface area contributed by atoms with E-state index in [-0.39, 0.29) is 57.5 Å². The van der Waals surface area contributed by atoms with Crippen molar-refractivity contribution < 1.29 is 47.2 Å². The van der Waals surface area contributed by atoms with Gasteiger partial charge < -0.3 is 37.6 Å². The number of benzene rings is 3. The lowest BCUT2D eigenvalue weighted by Crippen LogP contribution is -2.37. The topological polar surface area (TPSA) is 129 Å². The molecule has 0 saturated carbocycles. The third kappa shape index (κ3) is 4.70. The van der Waals surface area contributed by atoms with Gasteiger partial charge in [-0.3, -0.25) is 14.4 Å². The van der Waals surface area contributed by atoms with Crippen molar-refractivity contribution in [1.29, 1.82) is 0 Å². The number of rotatable bonds is 7. The average molecular weight is 551 g/mol. The van der Waals surface area contributed by atoms with Crippen LogP contribution in [0.2, 0.25) is 0 Å². The maximum absolute atomic E-state index is 13.3. The molecular formula is C29H26O11. The Morgan fingerprint density at radius 2 is 1.50 bits per heavy atom. The number of hydrogen-bond donors (Lipinski definition) is 0. The highest BCUT2D eigenvalue weighted by Gasteiger charge is 2.39. The van der Waals surface area contributed by atoms with Gasteiger partial charge in [-0.15, -0.1) is 0 Å². The number of para-hydroxylation sites is 1. The zero-order valence-corrected chi connectivity index (χ0v) is 22.4. The van der Waals surface area contributed by atoms with Crippen molar-refractivity contribution in [2.75, 3.05) is 27.9 Å². The summed E-state index contributed by atoms with van der Waals surface area (Å²) in [6.07, 6.45) is -1.79. The van der Waals surface area contributed by atoms with Crippen molar-refractivity contribution in [2.24, 2.45) is 0 Å². The lowest BCUT2D eigenvalue weighted by atomic mass is 10.0. The van der Waals surface area contributed by atoms with E-state index in [4.69, 9.17) is 37.6 Å². The second-order valence-corrected chi connectivity index (χ2v) is 8.89. The molecule has 0 N–H and O–H groups in total. The maximum Gasteiger partial charge on any atom is 0.308 e. The smallest absolute Gasteiger partial charge is 0.308 e. The molecule has 0 amide bonds. The van der Waals surface area contributed by atoms with Crippen LogP contribution in [0.5, 0.6) is 34.5 Å². The number of methoxy groups -OCH3 is 3. The maximum atomic E-state index is 13.3. The highest BCUT2D eigenvalue weighted by molar-refractivity contribution is 5.95. The van der Waals surface area contributed by atoms with Crippen LogP contribution in [0.3, 0.4) is 0 Å². The van der Waals surface area contributed by atoms with Crippen LogP contribution in [0, 0.1) is 0 Å². The van der Waals surface area contributed by atoms with E-state index in [2.05, 4.69) is 0 Å². The first kappa shape index (κ1) is 26.7. The van der Waals surface area contributed by atoms with Crippen molar-refractivity contribution in [3.05, 3.63) is 58.3 Å². The van der Waals surface area contributed by atoms with Crippen molar-refractivity contribution in [1.82, 2.24) is 0 Å². The Balaban J connectivity index is 1.71. The number of carbonyl (C=O) groups excluding carboxylic acids is 2. The molecule has 0 saturated heterocycles. The van der Waals surface area contributed by atoms with Gasteiger partial charge in [0.2, 0.25) is 22.7 Å². The molecule has 1 aliphatic rings. The molecule has 2 atom stereocenters. The van der Waals surface area contributed by atoms with E-state index in [1.165, 1.54) is 41.2 Å². The van der Waals surface area contributed by atoms with Crippen LogP contribution in [0.1, 0.15) is 25.5 Å². The van der Waals surface area contributed by atoms with Gasteiger partial charge >= 0.3 is 11.9 Å². The van der Waals surface area contributed by atoms with E-state index in [9.17, 15) is 14.4 Å². The van der Waals surface area contributed by atoms with Crippen LogP contribution in [0.4, 0.5) is 0 Å². The minimum atomic E-state index is -0.905. The van der Waals surface area contributed by atoms with E-state index in [1.807, 2.05) is 0 Å². The van der Waals surface area contributed by atoms with Gasteiger partial charge in [0.25, 0.3) is 0 Å². The molecule has 0 unspecified atom stereocenters. The summed E-state index contributed by atoms with van der Waals surface area (Å²) in [6, 6.07) is 11.6. The molecule has 4 aromatic rings. The van der Waals surface area contributed by atoms with E-state index in [1.54, 1.807) is 36.4 Å². The van der Waals surface area contributed by atoms with E-state index >= 15 is 0 Å². The molecule has 40 heavy (non-hydrogen) atoms. The monoisotopic (exact) mass is 550 g/mol. The summed E-state index contributed by atoms with van der Waals surface area (Å²) >= 11 is 0. The summed E-state index contributed by atoms with van der Waals surface area (Å²) in [5, 5.41) is 0.631. The zero-order chi connectivity index (χ0) is 28.6. The summed E-state index contributed by atoms with van der Waals surface area (Å²) in [6.45, 7) is 2.33. The first-order valence-corrected chi connectivity index (χ1v) is 12.2. The standard InChI is InChI=1S/C29H26O11/c1-14(30)36-13-23-25(16-10-20(33-3)27(37-15(2)31)21(11-16)34-4)40-28-22(35-5)12-18-24(32)17-8-6-7-9-19(17)38-26(18)29(28)39-23/h6-12,23,25H,13H2,1-5H3/t23-,25-/m0/s1. The lowest BCUT2D eigenvalue weighted by molar-refractivity contribution is -0.145. The van der Waals surface area contributed by atoms with Crippen LogP contribution in [0.25, 0.3) is 21.9 Å². The first-order chi connectivity index (χ1) is 19.2. The second-order valence-electron chi connectivity index (χ2n) is 8.89. The molecule has 1 aromatic heterocycles. The number of hydrogen-bond acceptors (Lipinski definition) is 11. The fraction of sp³-hybridized carbons (Fsp3) is 0.276. The molecule has 0 spiro atoms. The third-order valence-corrected chi connectivity index (χ3v) is 6.32. The molecule has 11 nitrogen and oxygen atoms in total. The number of fused-ring (bicyclic) bond motifs is 4. The van der Waals surface area contributed by atoms with Gasteiger partial charge in [0.1, 0.15) is 12.2 Å². The van der Waals surface area contributed by atoms with Crippen LogP contribution >= 0.6 is 0 Å². The number of esters is 2.